The van der Waals surface area contributed by atoms with Gasteiger partial charge in [0.25, 0.3) is 0 Å². The van der Waals surface area contributed by atoms with Gasteiger partial charge >= 0.3 is 0 Å². The summed E-state index contributed by atoms with van der Waals surface area (Å²) in [5.74, 6) is 2.08. The zero-order valence-electron chi connectivity index (χ0n) is 15.2. The SMILES string of the molecule is COc1cccc(-c2nnn(Cc3csc(-c4cc(Br)ccc4OC)n3)n2)c1. The van der Waals surface area contributed by atoms with Crippen LogP contribution in [0.4, 0.5) is 0 Å². The molecule has 0 saturated heterocycles. The number of methoxy groups -OCH3 is 2. The molecule has 0 N–H and O–H groups in total. The van der Waals surface area contributed by atoms with Crippen LogP contribution in [0.3, 0.4) is 0 Å². The van der Waals surface area contributed by atoms with E-state index in [0.29, 0.717) is 12.4 Å². The standard InChI is InChI=1S/C19H16BrN5O2S/c1-26-15-5-3-4-12(8-15)18-22-24-25(23-18)10-14-11-28-19(21-14)16-9-13(20)6-7-17(16)27-2/h3-9,11H,10H2,1-2H3. The number of hydrogen-bond donors (Lipinski definition) is 0. The van der Waals surface area contributed by atoms with Crippen LogP contribution < -0.4 is 9.47 Å². The molecule has 0 aliphatic heterocycles. The van der Waals surface area contributed by atoms with E-state index < -0.39 is 0 Å². The predicted octanol–water partition coefficient (Wildman–Crippen LogP) is 4.29. The largest absolute Gasteiger partial charge is 0.497 e. The van der Waals surface area contributed by atoms with Crippen LogP contribution in [0.2, 0.25) is 0 Å². The highest BCUT2D eigenvalue weighted by molar-refractivity contribution is 9.10. The molecule has 0 bridgehead atoms. The van der Waals surface area contributed by atoms with Crippen molar-refractivity contribution in [1.82, 2.24) is 25.2 Å². The Morgan fingerprint density at radius 3 is 2.82 bits per heavy atom. The molecule has 0 aliphatic rings. The third-order valence-electron chi connectivity index (χ3n) is 4.03. The molecule has 0 fully saturated rings. The van der Waals surface area contributed by atoms with Gasteiger partial charge in [-0.15, -0.1) is 21.5 Å². The summed E-state index contributed by atoms with van der Waals surface area (Å²) in [6, 6.07) is 13.4. The van der Waals surface area contributed by atoms with Gasteiger partial charge in [0.1, 0.15) is 23.1 Å². The molecule has 0 saturated carbocycles. The zero-order chi connectivity index (χ0) is 19.5. The lowest BCUT2D eigenvalue weighted by molar-refractivity contribution is 0.415. The van der Waals surface area contributed by atoms with Crippen LogP contribution in [0, 0.1) is 0 Å². The maximum Gasteiger partial charge on any atom is 0.205 e. The topological polar surface area (TPSA) is 75.0 Å². The lowest BCUT2D eigenvalue weighted by atomic mass is 10.2. The Labute approximate surface area is 174 Å². The number of nitrogens with zero attached hydrogens (tertiary/aromatic N) is 5. The molecule has 9 heteroatoms. The van der Waals surface area contributed by atoms with Crippen molar-refractivity contribution in [2.24, 2.45) is 0 Å². The van der Waals surface area contributed by atoms with E-state index in [1.165, 1.54) is 4.80 Å². The van der Waals surface area contributed by atoms with E-state index in [4.69, 9.17) is 14.5 Å². The molecule has 4 aromatic rings. The third kappa shape index (κ3) is 3.90. The Balaban J connectivity index is 1.55. The van der Waals surface area contributed by atoms with Crippen LogP contribution in [-0.2, 0) is 6.54 Å². The van der Waals surface area contributed by atoms with E-state index in [2.05, 4.69) is 31.3 Å². The number of halogens is 1. The lowest BCUT2D eigenvalue weighted by Gasteiger charge is -2.06. The van der Waals surface area contributed by atoms with E-state index >= 15 is 0 Å². The Morgan fingerprint density at radius 2 is 2.00 bits per heavy atom. The number of ether oxygens (including phenoxy) is 2. The van der Waals surface area contributed by atoms with E-state index in [1.54, 1.807) is 25.6 Å². The van der Waals surface area contributed by atoms with Crippen molar-refractivity contribution < 1.29 is 9.47 Å². The molecular formula is C19H16BrN5O2S. The number of rotatable bonds is 6. The minimum atomic E-state index is 0.434. The molecule has 0 aliphatic carbocycles. The fraction of sp³-hybridized carbons (Fsp3) is 0.158. The molecule has 28 heavy (non-hydrogen) atoms. The van der Waals surface area contributed by atoms with E-state index in [-0.39, 0.29) is 0 Å². The molecule has 4 rings (SSSR count). The zero-order valence-corrected chi connectivity index (χ0v) is 17.6. The van der Waals surface area contributed by atoms with Crippen LogP contribution in [0.1, 0.15) is 5.69 Å². The van der Waals surface area contributed by atoms with Gasteiger partial charge in [0.15, 0.2) is 0 Å². The minimum Gasteiger partial charge on any atom is -0.497 e. The summed E-state index contributed by atoms with van der Waals surface area (Å²) in [6.07, 6.45) is 0. The first kappa shape index (κ1) is 18.6. The molecule has 0 atom stereocenters. The number of aromatic nitrogens is 5. The second-order valence-electron chi connectivity index (χ2n) is 5.86. The molecule has 2 heterocycles. The van der Waals surface area contributed by atoms with Crippen molar-refractivity contribution in [3.8, 4) is 33.5 Å². The minimum absolute atomic E-state index is 0.434. The monoisotopic (exact) mass is 457 g/mol. The highest BCUT2D eigenvalue weighted by Gasteiger charge is 2.13. The van der Waals surface area contributed by atoms with Gasteiger partial charge in [0, 0.05) is 15.4 Å². The van der Waals surface area contributed by atoms with Gasteiger partial charge in [-0.3, -0.25) is 0 Å². The van der Waals surface area contributed by atoms with Gasteiger partial charge in [-0.05, 0) is 35.5 Å². The Bertz CT molecular complexity index is 1110. The molecule has 2 aromatic heterocycles. The first-order chi connectivity index (χ1) is 13.7. The summed E-state index contributed by atoms with van der Waals surface area (Å²) in [5.41, 5.74) is 2.65. The molecule has 142 valence electrons. The molecule has 0 unspecified atom stereocenters. The second kappa shape index (κ2) is 8.07. The van der Waals surface area contributed by atoms with Crippen molar-refractivity contribution in [2.45, 2.75) is 6.54 Å². The lowest BCUT2D eigenvalue weighted by Crippen LogP contribution is -2.04. The predicted molar refractivity (Wildman–Crippen MR) is 111 cm³/mol. The smallest absolute Gasteiger partial charge is 0.205 e. The van der Waals surface area contributed by atoms with Crippen LogP contribution in [0.15, 0.2) is 52.3 Å². The van der Waals surface area contributed by atoms with E-state index in [0.717, 1.165) is 37.8 Å². The number of tetrazole rings is 1. The Hall–Kier alpha value is -2.78. The van der Waals surface area contributed by atoms with Gasteiger partial charge in [-0.25, -0.2) is 4.98 Å². The average molecular weight is 458 g/mol. The van der Waals surface area contributed by atoms with Gasteiger partial charge in [-0.2, -0.15) is 4.80 Å². The number of thiazole rings is 1. The summed E-state index contributed by atoms with van der Waals surface area (Å²) < 4.78 is 11.7. The Morgan fingerprint density at radius 1 is 1.11 bits per heavy atom. The maximum absolute atomic E-state index is 5.45. The van der Waals surface area contributed by atoms with Crippen molar-refractivity contribution >= 4 is 27.3 Å². The van der Waals surface area contributed by atoms with Crippen LogP contribution in [0.25, 0.3) is 22.0 Å². The first-order valence-electron chi connectivity index (χ1n) is 8.37. The summed E-state index contributed by atoms with van der Waals surface area (Å²) in [7, 11) is 3.28. The maximum atomic E-state index is 5.45. The molecule has 2 aromatic carbocycles. The van der Waals surface area contributed by atoms with Crippen molar-refractivity contribution in [1.29, 1.82) is 0 Å². The molecule has 0 amide bonds. The van der Waals surface area contributed by atoms with Gasteiger partial charge in [0.2, 0.25) is 5.82 Å². The van der Waals surface area contributed by atoms with Crippen molar-refractivity contribution in [3.63, 3.8) is 0 Å². The summed E-state index contributed by atoms with van der Waals surface area (Å²) >= 11 is 5.05. The highest BCUT2D eigenvalue weighted by atomic mass is 79.9. The molecule has 0 radical (unpaired) electrons. The second-order valence-corrected chi connectivity index (χ2v) is 7.64. The molecule has 0 spiro atoms. The van der Waals surface area contributed by atoms with Gasteiger partial charge < -0.3 is 9.47 Å². The fourth-order valence-electron chi connectivity index (χ4n) is 2.68. The van der Waals surface area contributed by atoms with Crippen molar-refractivity contribution in [2.75, 3.05) is 14.2 Å². The van der Waals surface area contributed by atoms with Crippen LogP contribution in [0.5, 0.6) is 11.5 Å². The first-order valence-corrected chi connectivity index (χ1v) is 10.0. The fourth-order valence-corrected chi connectivity index (χ4v) is 3.88. The highest BCUT2D eigenvalue weighted by Crippen LogP contribution is 2.34. The van der Waals surface area contributed by atoms with E-state index in [1.807, 2.05) is 47.8 Å². The summed E-state index contributed by atoms with van der Waals surface area (Å²) in [6.45, 7) is 0.434. The van der Waals surface area contributed by atoms with Crippen LogP contribution in [-0.4, -0.2) is 39.4 Å². The normalized spacial score (nSPS) is 10.8. The van der Waals surface area contributed by atoms with Gasteiger partial charge in [-0.1, -0.05) is 28.1 Å². The quantitative estimate of drug-likeness (QED) is 0.429. The number of benzene rings is 2. The number of hydrogen-bond acceptors (Lipinski definition) is 7. The molecular weight excluding hydrogens is 442 g/mol. The third-order valence-corrected chi connectivity index (χ3v) is 5.45. The van der Waals surface area contributed by atoms with Gasteiger partial charge in [0.05, 0.1) is 25.5 Å². The average Bonchev–Trinajstić information content (AvgIpc) is 3.38. The van der Waals surface area contributed by atoms with Crippen LogP contribution >= 0.6 is 27.3 Å². The Kier molecular flexibility index (Phi) is 5.36. The summed E-state index contributed by atoms with van der Waals surface area (Å²) in [5, 5.41) is 15.6. The summed E-state index contributed by atoms with van der Waals surface area (Å²) in [4.78, 5) is 6.24. The van der Waals surface area contributed by atoms with Crippen molar-refractivity contribution in [3.05, 3.63) is 58.0 Å². The van der Waals surface area contributed by atoms with E-state index in [9.17, 15) is 0 Å². The molecule has 7 nitrogen and oxygen atoms in total.